The average molecular weight is 477 g/mol. The van der Waals surface area contributed by atoms with E-state index in [1.807, 2.05) is 6.07 Å². The van der Waals surface area contributed by atoms with E-state index in [9.17, 15) is 31.1 Å². The van der Waals surface area contributed by atoms with Crippen molar-refractivity contribution in [3.63, 3.8) is 0 Å². The summed E-state index contributed by atoms with van der Waals surface area (Å²) < 4.78 is 68.1. The van der Waals surface area contributed by atoms with Crippen molar-refractivity contribution in [1.29, 1.82) is 0 Å². The molecule has 32 heavy (non-hydrogen) atoms. The van der Waals surface area contributed by atoms with Crippen LogP contribution >= 0.6 is 0 Å². The number of halogens is 6. The van der Waals surface area contributed by atoms with E-state index in [-0.39, 0.29) is 0 Å². The summed E-state index contributed by atoms with van der Waals surface area (Å²) >= 11 is 0. The van der Waals surface area contributed by atoms with Gasteiger partial charge in [0, 0.05) is 18.8 Å². The summed E-state index contributed by atoms with van der Waals surface area (Å²) in [6.45, 7) is 2.85. The highest BCUT2D eigenvalue weighted by atomic mass is 19.4. The molecule has 0 amide bonds. The minimum Gasteiger partial charge on any atom is -0.475 e. The van der Waals surface area contributed by atoms with Crippen molar-refractivity contribution in [2.24, 2.45) is 5.73 Å². The zero-order valence-corrected chi connectivity index (χ0v) is 16.6. The van der Waals surface area contributed by atoms with Gasteiger partial charge in [0.05, 0.1) is 7.11 Å². The maximum Gasteiger partial charge on any atom is 0.490 e. The Bertz CT molecular complexity index is 740. The standard InChI is InChI=1S/C13H19N3O2.2C2HF3O2/c1-18-13(17)12-8-10(2-5-15-12)9-16-6-3-11(14)4-7-16;2*3-2(4,5)1(6)7/h2,5,8,11H,3-4,6-7,9,14H2,1H3;2*(H,6,7). The highest BCUT2D eigenvalue weighted by molar-refractivity contribution is 5.87. The molecule has 1 aromatic rings. The third kappa shape index (κ3) is 12.0. The summed E-state index contributed by atoms with van der Waals surface area (Å²) in [5.41, 5.74) is 7.32. The summed E-state index contributed by atoms with van der Waals surface area (Å²) in [5.74, 6) is -5.91. The van der Waals surface area contributed by atoms with Crippen molar-refractivity contribution in [3.05, 3.63) is 29.6 Å². The van der Waals surface area contributed by atoms with Gasteiger partial charge < -0.3 is 20.7 Å². The number of aromatic nitrogens is 1. The molecule has 1 aromatic heterocycles. The molecular formula is C17H21F6N3O6. The van der Waals surface area contributed by atoms with Crippen LogP contribution in [0.2, 0.25) is 0 Å². The first-order chi connectivity index (χ1) is 14.6. The number of carboxylic acids is 2. The maximum absolute atomic E-state index is 11.4. The molecule has 1 saturated heterocycles. The van der Waals surface area contributed by atoms with Crippen LogP contribution in [0.15, 0.2) is 18.3 Å². The quantitative estimate of drug-likeness (QED) is 0.440. The number of likely N-dealkylation sites (tertiary alicyclic amines) is 1. The van der Waals surface area contributed by atoms with Crippen molar-refractivity contribution in [2.45, 2.75) is 37.8 Å². The molecule has 2 heterocycles. The normalized spacial score (nSPS) is 14.9. The number of aliphatic carboxylic acids is 2. The highest BCUT2D eigenvalue weighted by Gasteiger charge is 2.38. The monoisotopic (exact) mass is 477 g/mol. The van der Waals surface area contributed by atoms with Gasteiger partial charge in [-0.25, -0.2) is 19.4 Å². The van der Waals surface area contributed by atoms with E-state index in [1.165, 1.54) is 7.11 Å². The van der Waals surface area contributed by atoms with Gasteiger partial charge in [0.25, 0.3) is 0 Å². The zero-order valence-electron chi connectivity index (χ0n) is 16.6. The van der Waals surface area contributed by atoms with Gasteiger partial charge in [-0.1, -0.05) is 0 Å². The molecule has 2 rings (SSSR count). The number of pyridine rings is 1. The Morgan fingerprint density at radius 3 is 1.91 bits per heavy atom. The fraction of sp³-hybridized carbons (Fsp3) is 0.529. The van der Waals surface area contributed by atoms with Gasteiger partial charge in [0.15, 0.2) is 0 Å². The predicted octanol–water partition coefficient (Wildman–Crippen LogP) is 2.06. The molecule has 4 N–H and O–H groups in total. The summed E-state index contributed by atoms with van der Waals surface area (Å²) in [7, 11) is 1.36. The van der Waals surface area contributed by atoms with E-state index < -0.39 is 30.3 Å². The average Bonchev–Trinajstić information content (AvgIpc) is 2.69. The Balaban J connectivity index is 0.000000570. The summed E-state index contributed by atoms with van der Waals surface area (Å²) in [6.07, 6.45) is -6.44. The van der Waals surface area contributed by atoms with Crippen LogP contribution < -0.4 is 5.73 Å². The van der Waals surface area contributed by atoms with Crippen molar-refractivity contribution in [3.8, 4) is 0 Å². The first-order valence-corrected chi connectivity index (χ1v) is 8.69. The van der Waals surface area contributed by atoms with Crippen LogP contribution in [0.3, 0.4) is 0 Å². The van der Waals surface area contributed by atoms with E-state index in [4.69, 9.17) is 25.5 Å². The largest absolute Gasteiger partial charge is 0.490 e. The van der Waals surface area contributed by atoms with Crippen molar-refractivity contribution in [1.82, 2.24) is 9.88 Å². The first-order valence-electron chi connectivity index (χ1n) is 8.69. The van der Waals surface area contributed by atoms with Gasteiger partial charge in [0.1, 0.15) is 5.69 Å². The number of carboxylic acid groups (broad SMARTS) is 2. The van der Waals surface area contributed by atoms with Gasteiger partial charge in [0.2, 0.25) is 0 Å². The van der Waals surface area contributed by atoms with E-state index in [1.54, 1.807) is 12.3 Å². The topological polar surface area (TPSA) is 143 Å². The number of esters is 1. The minimum absolute atomic E-state index is 0.337. The van der Waals surface area contributed by atoms with Crippen molar-refractivity contribution >= 4 is 17.9 Å². The molecular weight excluding hydrogens is 456 g/mol. The number of nitrogens with two attached hydrogens (primary N) is 1. The Morgan fingerprint density at radius 1 is 1.09 bits per heavy atom. The van der Waals surface area contributed by atoms with Crippen LogP contribution in [-0.2, 0) is 20.9 Å². The van der Waals surface area contributed by atoms with Crippen molar-refractivity contribution < 1.29 is 55.7 Å². The van der Waals surface area contributed by atoms with E-state index in [0.717, 1.165) is 38.0 Å². The van der Waals surface area contributed by atoms with Gasteiger partial charge in [-0.15, -0.1) is 0 Å². The number of piperidine rings is 1. The van der Waals surface area contributed by atoms with Crippen LogP contribution in [0.1, 0.15) is 28.9 Å². The first kappa shape index (κ1) is 29.1. The number of carbonyl (C=O) groups excluding carboxylic acids is 1. The van der Waals surface area contributed by atoms with Gasteiger partial charge in [-0.3, -0.25) is 4.90 Å². The van der Waals surface area contributed by atoms with Crippen LogP contribution in [0.25, 0.3) is 0 Å². The molecule has 0 atom stereocenters. The lowest BCUT2D eigenvalue weighted by Gasteiger charge is -2.30. The number of alkyl halides is 6. The number of hydrogen-bond acceptors (Lipinski definition) is 7. The zero-order chi connectivity index (χ0) is 25.1. The smallest absolute Gasteiger partial charge is 0.475 e. The molecule has 1 aliphatic heterocycles. The van der Waals surface area contributed by atoms with Crippen LogP contribution in [0, 0.1) is 0 Å². The van der Waals surface area contributed by atoms with E-state index in [2.05, 4.69) is 14.6 Å². The lowest BCUT2D eigenvalue weighted by molar-refractivity contribution is -0.193. The summed E-state index contributed by atoms with van der Waals surface area (Å²) in [4.78, 5) is 35.5. The Kier molecular flexibility index (Phi) is 11.6. The third-order valence-corrected chi connectivity index (χ3v) is 3.74. The SMILES string of the molecule is COC(=O)c1cc(CN2CCC(N)CC2)ccn1.O=C(O)C(F)(F)F.O=C(O)C(F)(F)F. The summed E-state index contributed by atoms with van der Waals surface area (Å²) in [5, 5.41) is 14.2. The fourth-order valence-electron chi connectivity index (χ4n) is 2.16. The Hall–Kier alpha value is -2.94. The highest BCUT2D eigenvalue weighted by Crippen LogP contribution is 2.14. The van der Waals surface area contributed by atoms with Crippen LogP contribution in [0.5, 0.6) is 0 Å². The van der Waals surface area contributed by atoms with Crippen LogP contribution in [0.4, 0.5) is 26.3 Å². The molecule has 1 fully saturated rings. The van der Waals surface area contributed by atoms with Gasteiger partial charge >= 0.3 is 30.3 Å². The molecule has 0 aliphatic carbocycles. The number of ether oxygens (including phenoxy) is 1. The van der Waals surface area contributed by atoms with Gasteiger partial charge in [-0.2, -0.15) is 26.3 Å². The molecule has 0 saturated carbocycles. The fourth-order valence-corrected chi connectivity index (χ4v) is 2.16. The molecule has 1 aliphatic rings. The Morgan fingerprint density at radius 2 is 1.53 bits per heavy atom. The second-order valence-electron chi connectivity index (χ2n) is 6.26. The van der Waals surface area contributed by atoms with E-state index in [0.29, 0.717) is 11.7 Å². The molecule has 0 radical (unpaired) electrons. The molecule has 15 heteroatoms. The molecule has 0 bridgehead atoms. The number of hydrogen-bond donors (Lipinski definition) is 3. The van der Waals surface area contributed by atoms with E-state index >= 15 is 0 Å². The Labute approximate surface area is 177 Å². The predicted molar refractivity (Wildman–Crippen MR) is 95.4 cm³/mol. The lowest BCUT2D eigenvalue weighted by atomic mass is 10.1. The third-order valence-electron chi connectivity index (χ3n) is 3.74. The molecule has 0 unspecified atom stereocenters. The molecule has 0 spiro atoms. The number of rotatable bonds is 3. The maximum atomic E-state index is 11.4. The minimum atomic E-state index is -5.08. The lowest BCUT2D eigenvalue weighted by Crippen LogP contribution is -2.39. The second-order valence-corrected chi connectivity index (χ2v) is 6.26. The molecule has 0 aromatic carbocycles. The molecule has 9 nitrogen and oxygen atoms in total. The van der Waals surface area contributed by atoms with Crippen molar-refractivity contribution in [2.75, 3.05) is 20.2 Å². The number of nitrogens with zero attached hydrogens (tertiary/aromatic N) is 2. The second kappa shape index (κ2) is 12.8. The molecule has 182 valence electrons. The number of methoxy groups -OCH3 is 1. The number of carbonyl (C=O) groups is 3. The van der Waals surface area contributed by atoms with Crippen LogP contribution in [-0.4, -0.2) is 76.6 Å². The van der Waals surface area contributed by atoms with Gasteiger partial charge in [-0.05, 0) is 43.6 Å². The summed E-state index contributed by atoms with van der Waals surface area (Å²) in [6, 6.07) is 4.06.